The van der Waals surface area contributed by atoms with Crippen LogP contribution in [0, 0.1) is 0 Å². The van der Waals surface area contributed by atoms with E-state index in [1.54, 1.807) is 22.9 Å². The zero-order valence-corrected chi connectivity index (χ0v) is 16.1. The van der Waals surface area contributed by atoms with Crippen molar-refractivity contribution in [2.75, 3.05) is 0 Å². The summed E-state index contributed by atoms with van der Waals surface area (Å²) in [5.74, 6) is 0.0583. The number of carboxylic acid groups (broad SMARTS) is 1. The standard InChI is InChI=1S/C22H23N3O3/c1-3-7-19(26)21-23-20(25(4-2)24-21)14-15-10-12-16(13-11-15)17-8-5-6-9-18(17)22(27)28/h5-6,8-13H,3-4,7,14H2,1-2H3,(H,27,28). The number of benzene rings is 2. The first-order valence-electron chi connectivity index (χ1n) is 9.42. The number of aromatic carboxylic acids is 1. The van der Waals surface area contributed by atoms with Crippen molar-refractivity contribution in [2.45, 2.75) is 39.7 Å². The third kappa shape index (κ3) is 4.17. The minimum atomic E-state index is -0.944. The Hall–Kier alpha value is -3.28. The van der Waals surface area contributed by atoms with Crippen LogP contribution in [-0.2, 0) is 13.0 Å². The summed E-state index contributed by atoms with van der Waals surface area (Å²) in [6.07, 6.45) is 1.78. The van der Waals surface area contributed by atoms with Crippen LogP contribution in [0.3, 0.4) is 0 Å². The number of rotatable bonds is 8. The topological polar surface area (TPSA) is 85.1 Å². The summed E-state index contributed by atoms with van der Waals surface area (Å²) in [4.78, 5) is 28.0. The zero-order valence-electron chi connectivity index (χ0n) is 16.1. The van der Waals surface area contributed by atoms with Crippen LogP contribution in [0.25, 0.3) is 11.1 Å². The summed E-state index contributed by atoms with van der Waals surface area (Å²) in [5.41, 5.74) is 2.83. The van der Waals surface area contributed by atoms with E-state index < -0.39 is 5.97 Å². The smallest absolute Gasteiger partial charge is 0.336 e. The molecule has 6 nitrogen and oxygen atoms in total. The van der Waals surface area contributed by atoms with Gasteiger partial charge in [0.15, 0.2) is 0 Å². The fourth-order valence-corrected chi connectivity index (χ4v) is 3.12. The molecule has 0 aliphatic rings. The molecule has 0 radical (unpaired) electrons. The summed E-state index contributed by atoms with van der Waals surface area (Å²) in [6, 6.07) is 14.7. The Morgan fingerprint density at radius 1 is 1.04 bits per heavy atom. The van der Waals surface area contributed by atoms with Crippen molar-refractivity contribution in [1.82, 2.24) is 14.8 Å². The lowest BCUT2D eigenvalue weighted by Gasteiger charge is -2.08. The van der Waals surface area contributed by atoms with Gasteiger partial charge in [0.1, 0.15) is 5.82 Å². The van der Waals surface area contributed by atoms with Crippen molar-refractivity contribution < 1.29 is 14.7 Å². The number of carbonyl (C=O) groups is 2. The van der Waals surface area contributed by atoms with E-state index in [0.717, 1.165) is 23.4 Å². The maximum absolute atomic E-state index is 12.1. The molecule has 0 fully saturated rings. The number of nitrogens with zero attached hydrogens (tertiary/aromatic N) is 3. The Balaban J connectivity index is 1.84. The minimum Gasteiger partial charge on any atom is -0.478 e. The lowest BCUT2D eigenvalue weighted by atomic mass is 9.98. The highest BCUT2D eigenvalue weighted by Gasteiger charge is 2.16. The molecule has 6 heteroatoms. The lowest BCUT2D eigenvalue weighted by Crippen LogP contribution is -2.05. The van der Waals surface area contributed by atoms with E-state index in [0.29, 0.717) is 24.9 Å². The van der Waals surface area contributed by atoms with E-state index in [9.17, 15) is 14.7 Å². The van der Waals surface area contributed by atoms with Gasteiger partial charge in [-0.15, -0.1) is 5.10 Å². The van der Waals surface area contributed by atoms with Gasteiger partial charge in [0.05, 0.1) is 5.56 Å². The first-order valence-corrected chi connectivity index (χ1v) is 9.42. The van der Waals surface area contributed by atoms with E-state index in [2.05, 4.69) is 10.1 Å². The third-order valence-electron chi connectivity index (χ3n) is 4.56. The molecule has 0 bridgehead atoms. The van der Waals surface area contributed by atoms with Crippen LogP contribution in [-0.4, -0.2) is 31.6 Å². The van der Waals surface area contributed by atoms with Crippen LogP contribution in [0.1, 0.15) is 59.1 Å². The third-order valence-corrected chi connectivity index (χ3v) is 4.56. The van der Waals surface area contributed by atoms with Crippen molar-refractivity contribution >= 4 is 11.8 Å². The van der Waals surface area contributed by atoms with Gasteiger partial charge in [0, 0.05) is 19.4 Å². The molecule has 0 saturated carbocycles. The quantitative estimate of drug-likeness (QED) is 0.594. The highest BCUT2D eigenvalue weighted by Crippen LogP contribution is 2.24. The van der Waals surface area contributed by atoms with E-state index in [-0.39, 0.29) is 17.2 Å². The average molecular weight is 377 g/mol. The van der Waals surface area contributed by atoms with Crippen molar-refractivity contribution in [2.24, 2.45) is 0 Å². The van der Waals surface area contributed by atoms with Gasteiger partial charge in [-0.1, -0.05) is 49.4 Å². The number of aryl methyl sites for hydroxylation is 1. The second-order valence-electron chi connectivity index (χ2n) is 6.57. The number of Topliss-reactive ketones (excluding diaryl/α,β-unsaturated/α-hetero) is 1. The molecular weight excluding hydrogens is 354 g/mol. The maximum atomic E-state index is 12.1. The Bertz CT molecular complexity index is 991. The molecule has 1 heterocycles. The van der Waals surface area contributed by atoms with E-state index in [1.807, 2.05) is 44.2 Å². The molecule has 0 spiro atoms. The number of hydrogen-bond acceptors (Lipinski definition) is 4. The van der Waals surface area contributed by atoms with Crippen molar-refractivity contribution in [3.8, 4) is 11.1 Å². The molecule has 0 atom stereocenters. The second-order valence-corrected chi connectivity index (χ2v) is 6.57. The highest BCUT2D eigenvalue weighted by molar-refractivity contribution is 5.96. The predicted molar refractivity (Wildman–Crippen MR) is 107 cm³/mol. The molecule has 2 aromatic carbocycles. The number of ketones is 1. The van der Waals surface area contributed by atoms with Gasteiger partial charge < -0.3 is 5.11 Å². The summed E-state index contributed by atoms with van der Waals surface area (Å²) in [5, 5.41) is 13.7. The first kappa shape index (κ1) is 19.5. The molecule has 0 unspecified atom stereocenters. The van der Waals surface area contributed by atoms with Crippen molar-refractivity contribution in [3.63, 3.8) is 0 Å². The van der Waals surface area contributed by atoms with Crippen LogP contribution in [0.5, 0.6) is 0 Å². The molecule has 28 heavy (non-hydrogen) atoms. The molecule has 144 valence electrons. The monoisotopic (exact) mass is 377 g/mol. The molecule has 0 saturated heterocycles. The van der Waals surface area contributed by atoms with Crippen LogP contribution in [0.15, 0.2) is 48.5 Å². The number of hydrogen-bond donors (Lipinski definition) is 1. The predicted octanol–water partition coefficient (Wildman–Crippen LogP) is 4.24. The summed E-state index contributed by atoms with van der Waals surface area (Å²) >= 11 is 0. The average Bonchev–Trinajstić information content (AvgIpc) is 3.12. The number of carbonyl (C=O) groups excluding carboxylic acids is 1. The van der Waals surface area contributed by atoms with E-state index >= 15 is 0 Å². The second kappa shape index (κ2) is 8.61. The van der Waals surface area contributed by atoms with Gasteiger partial charge in [-0.05, 0) is 36.1 Å². The van der Waals surface area contributed by atoms with E-state index in [4.69, 9.17) is 0 Å². The van der Waals surface area contributed by atoms with Gasteiger partial charge in [-0.3, -0.25) is 4.79 Å². The highest BCUT2D eigenvalue weighted by atomic mass is 16.4. The van der Waals surface area contributed by atoms with Gasteiger partial charge in [-0.25, -0.2) is 14.5 Å². The number of aromatic nitrogens is 3. The fourth-order valence-electron chi connectivity index (χ4n) is 3.12. The summed E-state index contributed by atoms with van der Waals surface area (Å²) in [7, 11) is 0. The molecule has 3 rings (SSSR count). The molecule has 0 aliphatic carbocycles. The Kier molecular flexibility index (Phi) is 5.99. The summed E-state index contributed by atoms with van der Waals surface area (Å²) in [6.45, 7) is 4.57. The van der Waals surface area contributed by atoms with Crippen molar-refractivity contribution in [3.05, 3.63) is 71.3 Å². The molecule has 0 aliphatic heterocycles. The Labute approximate surface area is 163 Å². The van der Waals surface area contributed by atoms with Crippen LogP contribution >= 0.6 is 0 Å². The number of carboxylic acids is 1. The van der Waals surface area contributed by atoms with Gasteiger partial charge in [0.2, 0.25) is 11.6 Å². The van der Waals surface area contributed by atoms with E-state index in [1.165, 1.54) is 0 Å². The van der Waals surface area contributed by atoms with Gasteiger partial charge in [-0.2, -0.15) is 0 Å². The summed E-state index contributed by atoms with van der Waals surface area (Å²) < 4.78 is 1.76. The molecular formula is C22H23N3O3. The van der Waals surface area contributed by atoms with Crippen LogP contribution < -0.4 is 0 Å². The maximum Gasteiger partial charge on any atom is 0.336 e. The lowest BCUT2D eigenvalue weighted by molar-refractivity contribution is 0.0697. The zero-order chi connectivity index (χ0) is 20.1. The van der Waals surface area contributed by atoms with Gasteiger partial charge in [0.25, 0.3) is 0 Å². The molecule has 3 aromatic rings. The fraction of sp³-hybridized carbons (Fsp3) is 0.273. The Morgan fingerprint density at radius 2 is 1.75 bits per heavy atom. The minimum absolute atomic E-state index is 0.0309. The Morgan fingerprint density at radius 3 is 2.39 bits per heavy atom. The largest absolute Gasteiger partial charge is 0.478 e. The van der Waals surface area contributed by atoms with Gasteiger partial charge >= 0.3 is 5.97 Å². The molecule has 1 N–H and O–H groups in total. The van der Waals surface area contributed by atoms with Crippen LogP contribution in [0.4, 0.5) is 0 Å². The van der Waals surface area contributed by atoms with Crippen LogP contribution in [0.2, 0.25) is 0 Å². The van der Waals surface area contributed by atoms with Crippen molar-refractivity contribution in [1.29, 1.82) is 0 Å². The molecule has 0 amide bonds. The first-order chi connectivity index (χ1) is 13.5. The normalized spacial score (nSPS) is 10.8. The molecule has 1 aromatic heterocycles. The SMILES string of the molecule is CCCC(=O)c1nc(Cc2ccc(-c3ccccc3C(=O)O)cc2)n(CC)n1.